The van der Waals surface area contributed by atoms with Gasteiger partial charge in [0.1, 0.15) is 0 Å². The summed E-state index contributed by atoms with van der Waals surface area (Å²) >= 11 is 4.46. The first kappa shape index (κ1) is 14.4. The summed E-state index contributed by atoms with van der Waals surface area (Å²) in [6.45, 7) is 3.94. The van der Waals surface area contributed by atoms with E-state index in [1.54, 1.807) is 0 Å². The molecule has 1 saturated heterocycles. The molecule has 104 valence electrons. The second-order valence-corrected chi connectivity index (χ2v) is 5.93. The number of nitrogens with zero attached hydrogens (tertiary/aromatic N) is 1. The smallest absolute Gasteiger partial charge is 0.222 e. The Hall–Kier alpha value is -0.960. The molecule has 0 bridgehead atoms. The van der Waals surface area contributed by atoms with E-state index in [1.165, 1.54) is 5.56 Å². The zero-order valence-electron chi connectivity index (χ0n) is 11.6. The highest BCUT2D eigenvalue weighted by Gasteiger charge is 2.23. The molecule has 3 heteroatoms. The summed E-state index contributed by atoms with van der Waals surface area (Å²) in [6.07, 6.45) is 2.86. The predicted octanol–water partition coefficient (Wildman–Crippen LogP) is 3.35. The molecular weight excluding hydrogens is 254 g/mol. The van der Waals surface area contributed by atoms with Gasteiger partial charge in [0.25, 0.3) is 0 Å². The Kier molecular flexibility index (Phi) is 5.32. The molecule has 1 aromatic rings. The molecule has 1 aromatic carbocycles. The number of hydrogen-bond donors (Lipinski definition) is 1. The van der Waals surface area contributed by atoms with Crippen LogP contribution in [-0.4, -0.2) is 29.6 Å². The molecule has 1 fully saturated rings. The summed E-state index contributed by atoms with van der Waals surface area (Å²) in [4.78, 5) is 14.2. The molecule has 1 aliphatic heterocycles. The van der Waals surface area contributed by atoms with Gasteiger partial charge in [-0.2, -0.15) is 12.6 Å². The average molecular weight is 277 g/mol. The fraction of sp³-hybridized carbons (Fsp3) is 0.562. The SMILES string of the molecule is CC1CCC(=O)N(CC(CS)c2ccccc2)CC1. The van der Waals surface area contributed by atoms with Crippen molar-refractivity contribution >= 4 is 18.5 Å². The summed E-state index contributed by atoms with van der Waals surface area (Å²) < 4.78 is 0. The highest BCUT2D eigenvalue weighted by Crippen LogP contribution is 2.23. The van der Waals surface area contributed by atoms with Gasteiger partial charge in [-0.25, -0.2) is 0 Å². The van der Waals surface area contributed by atoms with Crippen molar-refractivity contribution in [3.8, 4) is 0 Å². The van der Waals surface area contributed by atoms with Gasteiger partial charge in [-0.1, -0.05) is 37.3 Å². The number of rotatable bonds is 4. The van der Waals surface area contributed by atoms with Gasteiger partial charge in [-0.05, 0) is 30.1 Å². The minimum absolute atomic E-state index is 0.312. The summed E-state index contributed by atoms with van der Waals surface area (Å²) in [6, 6.07) is 10.4. The number of likely N-dealkylation sites (tertiary alicyclic amines) is 1. The van der Waals surface area contributed by atoms with Crippen LogP contribution in [-0.2, 0) is 4.79 Å². The third kappa shape index (κ3) is 4.00. The molecule has 2 atom stereocenters. The lowest BCUT2D eigenvalue weighted by atomic mass is 10.0. The molecule has 0 aromatic heterocycles. The Morgan fingerprint density at radius 2 is 2.05 bits per heavy atom. The zero-order chi connectivity index (χ0) is 13.7. The van der Waals surface area contributed by atoms with Crippen LogP contribution in [0.5, 0.6) is 0 Å². The lowest BCUT2D eigenvalue weighted by Gasteiger charge is -2.26. The van der Waals surface area contributed by atoms with Crippen molar-refractivity contribution in [1.82, 2.24) is 4.90 Å². The van der Waals surface area contributed by atoms with E-state index in [9.17, 15) is 4.79 Å². The summed E-state index contributed by atoms with van der Waals surface area (Å²) in [5.41, 5.74) is 1.28. The van der Waals surface area contributed by atoms with Crippen LogP contribution in [0.3, 0.4) is 0 Å². The van der Waals surface area contributed by atoms with E-state index < -0.39 is 0 Å². The van der Waals surface area contributed by atoms with E-state index in [0.717, 1.165) is 31.7 Å². The molecule has 19 heavy (non-hydrogen) atoms. The van der Waals surface area contributed by atoms with E-state index >= 15 is 0 Å². The topological polar surface area (TPSA) is 20.3 Å². The Bertz CT molecular complexity index is 406. The van der Waals surface area contributed by atoms with Crippen molar-refractivity contribution in [3.05, 3.63) is 35.9 Å². The van der Waals surface area contributed by atoms with Gasteiger partial charge in [-0.15, -0.1) is 0 Å². The van der Waals surface area contributed by atoms with Crippen molar-refractivity contribution in [2.45, 2.75) is 32.1 Å². The summed E-state index contributed by atoms with van der Waals surface area (Å²) in [7, 11) is 0. The minimum Gasteiger partial charge on any atom is -0.342 e. The van der Waals surface area contributed by atoms with Crippen LogP contribution in [0, 0.1) is 5.92 Å². The lowest BCUT2D eigenvalue weighted by Crippen LogP contribution is -2.34. The monoisotopic (exact) mass is 277 g/mol. The van der Waals surface area contributed by atoms with Crippen molar-refractivity contribution in [1.29, 1.82) is 0 Å². The maximum absolute atomic E-state index is 12.1. The molecule has 0 radical (unpaired) electrons. The van der Waals surface area contributed by atoms with Crippen LogP contribution >= 0.6 is 12.6 Å². The van der Waals surface area contributed by atoms with Crippen LogP contribution < -0.4 is 0 Å². The molecule has 1 heterocycles. The van der Waals surface area contributed by atoms with Gasteiger partial charge in [0.05, 0.1) is 0 Å². The second-order valence-electron chi connectivity index (χ2n) is 5.56. The van der Waals surface area contributed by atoms with E-state index in [4.69, 9.17) is 0 Å². The second kappa shape index (κ2) is 6.99. The van der Waals surface area contributed by atoms with E-state index in [-0.39, 0.29) is 0 Å². The number of carbonyl (C=O) groups excluding carboxylic acids is 1. The Balaban J connectivity index is 2.03. The van der Waals surface area contributed by atoms with E-state index in [0.29, 0.717) is 24.2 Å². The van der Waals surface area contributed by atoms with Gasteiger partial charge >= 0.3 is 0 Å². The molecule has 0 N–H and O–H groups in total. The summed E-state index contributed by atoms with van der Waals surface area (Å²) in [5, 5.41) is 0. The van der Waals surface area contributed by atoms with Gasteiger partial charge in [0.15, 0.2) is 0 Å². The van der Waals surface area contributed by atoms with Gasteiger partial charge < -0.3 is 4.90 Å². The predicted molar refractivity (Wildman–Crippen MR) is 82.6 cm³/mol. The third-order valence-electron chi connectivity index (χ3n) is 4.03. The van der Waals surface area contributed by atoms with Crippen molar-refractivity contribution < 1.29 is 4.79 Å². The first-order valence-corrected chi connectivity index (χ1v) is 7.77. The average Bonchev–Trinajstić information content (AvgIpc) is 2.60. The molecule has 0 saturated carbocycles. The highest BCUT2D eigenvalue weighted by molar-refractivity contribution is 7.80. The molecule has 2 unspecified atom stereocenters. The maximum Gasteiger partial charge on any atom is 0.222 e. The first-order chi connectivity index (χ1) is 9.20. The van der Waals surface area contributed by atoms with Gasteiger partial charge in [-0.3, -0.25) is 4.79 Å². The molecule has 0 spiro atoms. The van der Waals surface area contributed by atoms with Crippen molar-refractivity contribution in [2.24, 2.45) is 5.92 Å². The van der Waals surface area contributed by atoms with Crippen LogP contribution in [0.25, 0.3) is 0 Å². The van der Waals surface area contributed by atoms with Crippen molar-refractivity contribution in [3.63, 3.8) is 0 Å². The van der Waals surface area contributed by atoms with Crippen molar-refractivity contribution in [2.75, 3.05) is 18.8 Å². The zero-order valence-corrected chi connectivity index (χ0v) is 12.5. The molecule has 2 nitrogen and oxygen atoms in total. The molecular formula is C16H23NOS. The Labute approximate surface area is 121 Å². The Morgan fingerprint density at radius 1 is 1.32 bits per heavy atom. The minimum atomic E-state index is 0.312. The number of amides is 1. The largest absolute Gasteiger partial charge is 0.342 e. The standard InChI is InChI=1S/C16H23NOS/c1-13-7-8-16(18)17(10-9-13)11-15(12-19)14-5-3-2-4-6-14/h2-6,13,15,19H,7-12H2,1H3. The third-order valence-corrected chi connectivity index (χ3v) is 4.47. The van der Waals surface area contributed by atoms with Crippen LogP contribution in [0.4, 0.5) is 0 Å². The normalized spacial score (nSPS) is 22.1. The molecule has 1 amide bonds. The fourth-order valence-corrected chi connectivity index (χ4v) is 2.95. The van der Waals surface area contributed by atoms with E-state index in [2.05, 4.69) is 43.8 Å². The number of carbonyl (C=O) groups is 1. The van der Waals surface area contributed by atoms with Crippen LogP contribution in [0.1, 0.15) is 37.7 Å². The summed E-state index contributed by atoms with van der Waals surface area (Å²) in [5.74, 6) is 2.10. The maximum atomic E-state index is 12.1. The van der Waals surface area contributed by atoms with Gasteiger partial charge in [0.2, 0.25) is 5.91 Å². The van der Waals surface area contributed by atoms with Crippen LogP contribution in [0.15, 0.2) is 30.3 Å². The Morgan fingerprint density at radius 3 is 2.74 bits per heavy atom. The number of benzene rings is 1. The van der Waals surface area contributed by atoms with Gasteiger partial charge in [0, 0.05) is 25.4 Å². The number of thiol groups is 1. The molecule has 2 rings (SSSR count). The van der Waals surface area contributed by atoms with E-state index in [1.807, 2.05) is 11.0 Å². The first-order valence-electron chi connectivity index (χ1n) is 7.14. The number of hydrogen-bond acceptors (Lipinski definition) is 2. The van der Waals surface area contributed by atoms with Crippen LogP contribution in [0.2, 0.25) is 0 Å². The quantitative estimate of drug-likeness (QED) is 0.837. The lowest BCUT2D eigenvalue weighted by molar-refractivity contribution is -0.130. The highest BCUT2D eigenvalue weighted by atomic mass is 32.1. The molecule has 0 aliphatic carbocycles. The molecule has 1 aliphatic rings. The fourth-order valence-electron chi connectivity index (χ4n) is 2.63.